The van der Waals surface area contributed by atoms with Crippen molar-refractivity contribution in [3.63, 3.8) is 0 Å². The summed E-state index contributed by atoms with van der Waals surface area (Å²) in [6, 6.07) is 0. The largest absolute Gasteiger partial charge is 0.324 e. The molecule has 12 heavy (non-hydrogen) atoms. The molecule has 0 aromatic heterocycles. The molecule has 2 nitrogen and oxygen atoms in total. The molecule has 0 aromatic carbocycles. The van der Waals surface area contributed by atoms with E-state index in [1.54, 1.807) is 0 Å². The van der Waals surface area contributed by atoms with Crippen molar-refractivity contribution in [2.24, 2.45) is 23.5 Å². The number of hydrogen-bond acceptors (Lipinski definition) is 2. The van der Waals surface area contributed by atoms with Gasteiger partial charge in [-0.3, -0.25) is 4.79 Å². The monoisotopic (exact) mass is 167 g/mol. The highest BCUT2D eigenvalue weighted by Gasteiger charge is 2.39. The number of rotatable bonds is 3. The Kier molecular flexibility index (Phi) is 2.18. The first kappa shape index (κ1) is 8.24. The summed E-state index contributed by atoms with van der Waals surface area (Å²) in [6.07, 6.45) is 6.24. The van der Waals surface area contributed by atoms with Crippen LogP contribution in [0.25, 0.3) is 0 Å². The maximum absolute atomic E-state index is 11.1. The molecule has 0 aliphatic heterocycles. The van der Waals surface area contributed by atoms with Gasteiger partial charge in [-0.15, -0.1) is 0 Å². The minimum Gasteiger partial charge on any atom is -0.324 e. The van der Waals surface area contributed by atoms with E-state index in [9.17, 15) is 4.79 Å². The molecule has 2 aliphatic rings. The number of carbonyl (C=O) groups excluding carboxylic acids is 1. The topological polar surface area (TPSA) is 43.1 Å². The van der Waals surface area contributed by atoms with Gasteiger partial charge >= 0.3 is 0 Å². The Balaban J connectivity index is 1.86. The minimum atomic E-state index is 0.244. The fourth-order valence-electron chi connectivity index (χ4n) is 3.00. The summed E-state index contributed by atoms with van der Waals surface area (Å²) in [7, 11) is 0. The SMILES string of the molecule is NCC(=O)CC1CC2CCC1C2. The van der Waals surface area contributed by atoms with Crippen LogP contribution in [0, 0.1) is 17.8 Å². The van der Waals surface area contributed by atoms with Gasteiger partial charge in [0.1, 0.15) is 5.78 Å². The maximum atomic E-state index is 11.1. The van der Waals surface area contributed by atoms with Crippen molar-refractivity contribution in [1.29, 1.82) is 0 Å². The Morgan fingerprint density at radius 3 is 2.67 bits per heavy atom. The van der Waals surface area contributed by atoms with Crippen molar-refractivity contribution >= 4 is 5.78 Å². The number of ketones is 1. The van der Waals surface area contributed by atoms with Gasteiger partial charge in [0.15, 0.2) is 0 Å². The summed E-state index contributed by atoms with van der Waals surface area (Å²) in [5.74, 6) is 2.77. The molecule has 3 atom stereocenters. The average Bonchev–Trinajstić information content (AvgIpc) is 2.64. The van der Waals surface area contributed by atoms with Crippen LogP contribution in [-0.2, 0) is 4.79 Å². The van der Waals surface area contributed by atoms with Crippen LogP contribution in [0.5, 0.6) is 0 Å². The first-order valence-corrected chi connectivity index (χ1v) is 5.01. The summed E-state index contributed by atoms with van der Waals surface area (Å²) in [5.41, 5.74) is 5.30. The molecule has 0 amide bonds. The molecule has 68 valence electrons. The van der Waals surface area contributed by atoms with Crippen LogP contribution >= 0.6 is 0 Å². The molecule has 2 N–H and O–H groups in total. The van der Waals surface area contributed by atoms with Crippen molar-refractivity contribution < 1.29 is 4.79 Å². The van der Waals surface area contributed by atoms with E-state index in [4.69, 9.17) is 5.73 Å². The Labute approximate surface area is 73.5 Å². The fraction of sp³-hybridized carbons (Fsp3) is 0.900. The van der Waals surface area contributed by atoms with E-state index >= 15 is 0 Å². The lowest BCUT2D eigenvalue weighted by atomic mass is 9.85. The Morgan fingerprint density at radius 1 is 1.33 bits per heavy atom. The highest BCUT2D eigenvalue weighted by molar-refractivity contribution is 5.80. The van der Waals surface area contributed by atoms with E-state index in [-0.39, 0.29) is 12.3 Å². The first-order valence-electron chi connectivity index (χ1n) is 5.01. The number of carbonyl (C=O) groups is 1. The molecule has 2 saturated carbocycles. The van der Waals surface area contributed by atoms with Gasteiger partial charge in [-0.1, -0.05) is 6.42 Å². The third kappa shape index (κ3) is 1.40. The second-order valence-electron chi connectivity index (χ2n) is 4.38. The Morgan fingerprint density at radius 2 is 2.17 bits per heavy atom. The average molecular weight is 167 g/mol. The van der Waals surface area contributed by atoms with E-state index in [1.165, 1.54) is 25.7 Å². The highest BCUT2D eigenvalue weighted by atomic mass is 16.1. The molecular formula is C10H17NO. The van der Waals surface area contributed by atoms with E-state index in [0.717, 1.165) is 18.3 Å². The van der Waals surface area contributed by atoms with Crippen LogP contribution in [0.4, 0.5) is 0 Å². The highest BCUT2D eigenvalue weighted by Crippen LogP contribution is 2.49. The Hall–Kier alpha value is -0.370. The van der Waals surface area contributed by atoms with Gasteiger partial charge in [0.2, 0.25) is 0 Å². The number of Topliss-reactive ketones (excluding diaryl/α,β-unsaturated/α-hetero) is 1. The molecule has 3 unspecified atom stereocenters. The van der Waals surface area contributed by atoms with E-state index in [0.29, 0.717) is 5.92 Å². The van der Waals surface area contributed by atoms with Crippen molar-refractivity contribution in [1.82, 2.24) is 0 Å². The van der Waals surface area contributed by atoms with Crippen LogP contribution in [0.3, 0.4) is 0 Å². The molecular weight excluding hydrogens is 150 g/mol. The summed E-state index contributed by atoms with van der Waals surface area (Å²) in [5, 5.41) is 0. The van der Waals surface area contributed by atoms with Crippen molar-refractivity contribution in [3.8, 4) is 0 Å². The molecule has 0 spiro atoms. The van der Waals surface area contributed by atoms with Crippen LogP contribution in [0.1, 0.15) is 32.1 Å². The van der Waals surface area contributed by atoms with Crippen molar-refractivity contribution in [2.75, 3.05) is 6.54 Å². The van der Waals surface area contributed by atoms with Gasteiger partial charge < -0.3 is 5.73 Å². The molecule has 2 bridgehead atoms. The second kappa shape index (κ2) is 3.17. The van der Waals surface area contributed by atoms with Gasteiger partial charge in [-0.2, -0.15) is 0 Å². The van der Waals surface area contributed by atoms with Gasteiger partial charge in [0, 0.05) is 6.42 Å². The number of nitrogens with two attached hydrogens (primary N) is 1. The molecule has 0 heterocycles. The Bertz CT molecular complexity index is 190. The van der Waals surface area contributed by atoms with Crippen molar-refractivity contribution in [2.45, 2.75) is 32.1 Å². The lowest BCUT2D eigenvalue weighted by molar-refractivity contribution is -0.119. The first-order chi connectivity index (χ1) is 5.79. The summed E-state index contributed by atoms with van der Waals surface area (Å²) in [4.78, 5) is 11.1. The normalized spacial score (nSPS) is 38.9. The minimum absolute atomic E-state index is 0.244. The number of hydrogen-bond donors (Lipinski definition) is 1. The predicted molar refractivity (Wildman–Crippen MR) is 47.6 cm³/mol. The van der Waals surface area contributed by atoms with E-state index < -0.39 is 0 Å². The smallest absolute Gasteiger partial charge is 0.146 e. The van der Waals surface area contributed by atoms with E-state index in [1.807, 2.05) is 0 Å². The molecule has 2 rings (SSSR count). The third-order valence-corrected chi connectivity index (χ3v) is 3.60. The van der Waals surface area contributed by atoms with Crippen LogP contribution in [-0.4, -0.2) is 12.3 Å². The van der Waals surface area contributed by atoms with Crippen LogP contribution in [0.2, 0.25) is 0 Å². The molecule has 2 heteroatoms. The molecule has 2 fully saturated rings. The number of fused-ring (bicyclic) bond motifs is 2. The predicted octanol–water partition coefficient (Wildman–Crippen LogP) is 1.34. The maximum Gasteiger partial charge on any atom is 0.146 e. The lowest BCUT2D eigenvalue weighted by Gasteiger charge is -2.20. The van der Waals surface area contributed by atoms with Crippen LogP contribution in [0.15, 0.2) is 0 Å². The molecule has 0 radical (unpaired) electrons. The summed E-state index contributed by atoms with van der Waals surface area (Å²) in [6.45, 7) is 0.244. The van der Waals surface area contributed by atoms with Crippen molar-refractivity contribution in [3.05, 3.63) is 0 Å². The second-order valence-corrected chi connectivity index (χ2v) is 4.38. The lowest BCUT2D eigenvalue weighted by Crippen LogP contribution is -2.20. The standard InChI is InChI=1S/C10H17NO/c11-6-10(12)5-9-4-7-1-2-8(9)3-7/h7-9H,1-6,11H2. The third-order valence-electron chi connectivity index (χ3n) is 3.60. The van der Waals surface area contributed by atoms with Gasteiger partial charge in [-0.25, -0.2) is 0 Å². The summed E-state index contributed by atoms with van der Waals surface area (Å²) >= 11 is 0. The molecule has 0 aromatic rings. The quantitative estimate of drug-likeness (QED) is 0.689. The van der Waals surface area contributed by atoms with Gasteiger partial charge in [0.05, 0.1) is 6.54 Å². The zero-order valence-electron chi connectivity index (χ0n) is 7.46. The molecule has 0 saturated heterocycles. The van der Waals surface area contributed by atoms with Crippen LogP contribution < -0.4 is 5.73 Å². The fourth-order valence-corrected chi connectivity index (χ4v) is 3.00. The molecule has 2 aliphatic carbocycles. The van der Waals surface area contributed by atoms with Gasteiger partial charge in [-0.05, 0) is 37.0 Å². The zero-order valence-corrected chi connectivity index (χ0v) is 7.46. The summed E-state index contributed by atoms with van der Waals surface area (Å²) < 4.78 is 0. The van der Waals surface area contributed by atoms with E-state index in [2.05, 4.69) is 0 Å². The van der Waals surface area contributed by atoms with Gasteiger partial charge in [0.25, 0.3) is 0 Å². The zero-order chi connectivity index (χ0) is 8.55.